The van der Waals surface area contributed by atoms with Crippen LogP contribution in [0.1, 0.15) is 52.2 Å². The van der Waals surface area contributed by atoms with E-state index in [1.807, 2.05) is 26.0 Å². The van der Waals surface area contributed by atoms with E-state index >= 15 is 4.39 Å². The van der Waals surface area contributed by atoms with E-state index in [0.717, 1.165) is 11.6 Å². The Balaban J connectivity index is 1.83. The number of benzene rings is 2. The number of carbonyl (C=O) groups excluding carboxylic acids is 1. The van der Waals surface area contributed by atoms with Crippen LogP contribution in [0.15, 0.2) is 71.8 Å². The Labute approximate surface area is 253 Å². The Morgan fingerprint density at radius 1 is 1.12 bits per heavy atom. The summed E-state index contributed by atoms with van der Waals surface area (Å²) in [5.41, 5.74) is 1.74. The van der Waals surface area contributed by atoms with Gasteiger partial charge in [-0.1, -0.05) is 24.3 Å². The van der Waals surface area contributed by atoms with E-state index in [1.165, 1.54) is 23.3 Å². The summed E-state index contributed by atoms with van der Waals surface area (Å²) in [7, 11) is -6.92. The molecule has 11 heteroatoms. The highest BCUT2D eigenvalue weighted by Gasteiger charge is 2.36. The molecular weight excluding hydrogens is 590 g/mol. The molecule has 0 saturated heterocycles. The topological polar surface area (TPSA) is 114 Å². The first kappa shape index (κ1) is 32.3. The van der Waals surface area contributed by atoms with Crippen molar-refractivity contribution in [1.29, 1.82) is 0 Å². The Hall–Kier alpha value is -3.57. The van der Waals surface area contributed by atoms with Gasteiger partial charge < -0.3 is 10.2 Å². The number of sulfone groups is 2. The third kappa shape index (κ3) is 6.67. The number of allylic oxidation sites excluding steroid dienone is 1. The first-order chi connectivity index (χ1) is 19.8. The number of nitrogens with one attached hydrogen (secondary N) is 1. The highest BCUT2D eigenvalue weighted by Crippen LogP contribution is 2.37. The number of hydrogen-bond acceptors (Lipinski definition) is 6. The van der Waals surface area contributed by atoms with E-state index in [1.54, 1.807) is 63.4 Å². The summed E-state index contributed by atoms with van der Waals surface area (Å²) >= 11 is 0. The van der Waals surface area contributed by atoms with Gasteiger partial charge in [-0.25, -0.2) is 26.0 Å². The van der Waals surface area contributed by atoms with Gasteiger partial charge in [0.15, 0.2) is 19.7 Å². The molecule has 1 heterocycles. The van der Waals surface area contributed by atoms with Crippen LogP contribution in [-0.2, 0) is 31.0 Å². The maximum absolute atomic E-state index is 15.5. The van der Waals surface area contributed by atoms with Gasteiger partial charge in [0.25, 0.3) is 0 Å². The number of carbonyl (C=O) groups is 1. The van der Waals surface area contributed by atoms with Crippen LogP contribution in [0, 0.1) is 5.82 Å². The van der Waals surface area contributed by atoms with Crippen LogP contribution in [0.5, 0.6) is 0 Å². The third-order valence-electron chi connectivity index (χ3n) is 8.04. The van der Waals surface area contributed by atoms with Gasteiger partial charge in [0.1, 0.15) is 5.82 Å². The monoisotopic (exact) mass is 627 g/mol. The number of nitrogens with zero attached hydrogens (tertiary/aromatic N) is 2. The maximum atomic E-state index is 15.5. The van der Waals surface area contributed by atoms with Crippen LogP contribution in [0.2, 0.25) is 0 Å². The summed E-state index contributed by atoms with van der Waals surface area (Å²) in [4.78, 5) is 19.7. The molecule has 0 bridgehead atoms. The SMILES string of the molecule is CC(C)NC(=O)N(Cc1cc(-c2cc(C(C)(C)S(C)(=O)=O)cc3cccnc23)ccc1F)C1(C)C=CC(S(C)(=O)=O)=CC1. The summed E-state index contributed by atoms with van der Waals surface area (Å²) in [5.74, 6) is -0.522. The zero-order chi connectivity index (χ0) is 32.0. The quantitative estimate of drug-likeness (QED) is 0.333. The lowest BCUT2D eigenvalue weighted by atomic mass is 9.90. The minimum absolute atomic E-state index is 0.110. The number of urea groups is 1. The van der Waals surface area contributed by atoms with Crippen LogP contribution < -0.4 is 5.32 Å². The molecule has 3 aromatic rings. The molecule has 230 valence electrons. The lowest BCUT2D eigenvalue weighted by Crippen LogP contribution is -2.53. The molecule has 1 unspecified atom stereocenters. The molecule has 2 aromatic carbocycles. The molecule has 1 N–H and O–H groups in total. The Bertz CT molecular complexity index is 1860. The maximum Gasteiger partial charge on any atom is 0.318 e. The summed E-state index contributed by atoms with van der Waals surface area (Å²) in [5, 5.41) is 3.62. The van der Waals surface area contributed by atoms with Gasteiger partial charge in [-0.15, -0.1) is 0 Å². The van der Waals surface area contributed by atoms with Crippen molar-refractivity contribution in [3.63, 3.8) is 0 Å². The molecule has 4 rings (SSSR count). The first-order valence-electron chi connectivity index (χ1n) is 13.9. The molecule has 43 heavy (non-hydrogen) atoms. The van der Waals surface area contributed by atoms with Crippen molar-refractivity contribution >= 4 is 36.6 Å². The molecule has 0 saturated carbocycles. The van der Waals surface area contributed by atoms with Crippen LogP contribution >= 0.6 is 0 Å². The number of halogens is 1. The smallest absolute Gasteiger partial charge is 0.318 e. The molecule has 0 fully saturated rings. The van der Waals surface area contributed by atoms with Gasteiger partial charge in [0, 0.05) is 41.3 Å². The van der Waals surface area contributed by atoms with E-state index in [4.69, 9.17) is 0 Å². The van der Waals surface area contributed by atoms with E-state index in [0.29, 0.717) is 22.2 Å². The van der Waals surface area contributed by atoms with Crippen molar-refractivity contribution in [3.05, 3.63) is 88.7 Å². The van der Waals surface area contributed by atoms with E-state index in [9.17, 15) is 21.6 Å². The second-order valence-electron chi connectivity index (χ2n) is 12.2. The average molecular weight is 628 g/mol. The summed E-state index contributed by atoms with van der Waals surface area (Å²) < 4.78 is 63.8. The Morgan fingerprint density at radius 3 is 2.40 bits per heavy atom. The normalized spacial score (nSPS) is 17.7. The fourth-order valence-corrected chi connectivity index (χ4v) is 6.24. The molecule has 1 aliphatic carbocycles. The van der Waals surface area contributed by atoms with Gasteiger partial charge >= 0.3 is 6.03 Å². The van der Waals surface area contributed by atoms with Gasteiger partial charge in [-0.2, -0.15) is 0 Å². The summed E-state index contributed by atoms with van der Waals surface area (Å²) in [6.45, 7) is 8.62. The second kappa shape index (κ2) is 11.5. The van der Waals surface area contributed by atoms with Crippen LogP contribution in [0.4, 0.5) is 9.18 Å². The van der Waals surface area contributed by atoms with Gasteiger partial charge in [-0.05, 0) is 88.6 Å². The number of pyridine rings is 1. The predicted octanol–water partition coefficient (Wildman–Crippen LogP) is 5.89. The molecule has 8 nitrogen and oxygen atoms in total. The Morgan fingerprint density at radius 2 is 1.81 bits per heavy atom. The van der Waals surface area contributed by atoms with Crippen molar-refractivity contribution in [2.45, 2.75) is 63.9 Å². The molecule has 1 aliphatic rings. The summed E-state index contributed by atoms with van der Waals surface area (Å²) in [6.07, 6.45) is 8.90. The highest BCUT2D eigenvalue weighted by atomic mass is 32.2. The summed E-state index contributed by atoms with van der Waals surface area (Å²) in [6, 6.07) is 11.2. The van der Waals surface area contributed by atoms with E-state index in [-0.39, 0.29) is 29.5 Å². The molecule has 2 amide bonds. The number of rotatable bonds is 8. The average Bonchev–Trinajstić information content (AvgIpc) is 2.90. The lowest BCUT2D eigenvalue weighted by Gasteiger charge is -2.40. The molecule has 1 aromatic heterocycles. The van der Waals surface area contributed by atoms with Crippen molar-refractivity contribution in [3.8, 4) is 11.1 Å². The second-order valence-corrected chi connectivity index (χ2v) is 16.7. The molecule has 0 spiro atoms. The van der Waals surface area contributed by atoms with Crippen molar-refractivity contribution in [2.24, 2.45) is 0 Å². The van der Waals surface area contributed by atoms with Crippen molar-refractivity contribution in [1.82, 2.24) is 15.2 Å². The Kier molecular flexibility index (Phi) is 8.65. The number of hydrogen-bond donors (Lipinski definition) is 1. The zero-order valence-electron chi connectivity index (χ0n) is 25.5. The zero-order valence-corrected chi connectivity index (χ0v) is 27.1. The molecular formula is C32H38FN3O5S2. The molecule has 1 atom stereocenters. The third-order valence-corrected chi connectivity index (χ3v) is 11.3. The lowest BCUT2D eigenvalue weighted by molar-refractivity contribution is 0.142. The largest absolute Gasteiger partial charge is 0.336 e. The van der Waals surface area contributed by atoms with Crippen LogP contribution in [0.3, 0.4) is 0 Å². The fraction of sp³-hybridized carbons (Fsp3) is 0.375. The van der Waals surface area contributed by atoms with Gasteiger partial charge in [-0.3, -0.25) is 4.98 Å². The minimum atomic E-state index is -3.49. The molecule has 0 radical (unpaired) electrons. The highest BCUT2D eigenvalue weighted by molar-refractivity contribution is 7.94. The van der Waals surface area contributed by atoms with Crippen molar-refractivity contribution < 1.29 is 26.0 Å². The number of fused-ring (bicyclic) bond motifs is 1. The predicted molar refractivity (Wildman–Crippen MR) is 169 cm³/mol. The standard InChI is InChI=1S/C32H38FN3O5S2/c1-21(2)35-30(37)36(32(5)14-12-26(13-15-32)42(6,38)39)20-24-17-22(10-11-28(24)33)27-19-25(31(3,4)43(7,40)41)18-23-9-8-16-34-29(23)27/h8-14,16-19,21H,15,20H2,1-7H3,(H,35,37). The first-order valence-corrected chi connectivity index (χ1v) is 17.7. The van der Waals surface area contributed by atoms with Gasteiger partial charge in [0.05, 0.1) is 27.3 Å². The fourth-order valence-electron chi connectivity index (χ4n) is 5.00. The van der Waals surface area contributed by atoms with Gasteiger partial charge in [0.2, 0.25) is 0 Å². The van der Waals surface area contributed by atoms with Crippen LogP contribution in [-0.4, -0.2) is 56.8 Å². The van der Waals surface area contributed by atoms with E-state index in [2.05, 4.69) is 10.3 Å². The number of aromatic nitrogens is 1. The minimum Gasteiger partial charge on any atom is -0.336 e. The molecule has 0 aliphatic heterocycles. The van der Waals surface area contributed by atoms with Crippen molar-refractivity contribution in [2.75, 3.05) is 12.5 Å². The number of amides is 2. The van der Waals surface area contributed by atoms with E-state index < -0.39 is 41.8 Å². The van der Waals surface area contributed by atoms with Crippen LogP contribution in [0.25, 0.3) is 22.0 Å².